The van der Waals surface area contributed by atoms with Crippen molar-refractivity contribution in [3.05, 3.63) is 41.5 Å². The zero-order valence-electron chi connectivity index (χ0n) is 13.9. The topological polar surface area (TPSA) is 56.3 Å². The summed E-state index contributed by atoms with van der Waals surface area (Å²) in [5.74, 6) is 2.40. The monoisotopic (exact) mass is 341 g/mol. The summed E-state index contributed by atoms with van der Waals surface area (Å²) in [6.45, 7) is 6.82. The Balaban J connectivity index is 1.75. The minimum atomic E-state index is -0.167. The van der Waals surface area contributed by atoms with Gasteiger partial charge in [0.25, 0.3) is 0 Å². The molecule has 1 N–H and O–H groups in total. The number of aromatic nitrogens is 2. The summed E-state index contributed by atoms with van der Waals surface area (Å²) in [6.07, 6.45) is 1.43. The first-order valence-electron chi connectivity index (χ1n) is 7.90. The van der Waals surface area contributed by atoms with Crippen molar-refractivity contribution in [2.45, 2.75) is 32.4 Å². The second-order valence-electron chi connectivity index (χ2n) is 6.83. The molecule has 1 unspecified atom stereocenters. The van der Waals surface area contributed by atoms with Crippen LogP contribution in [0.15, 0.2) is 36.0 Å². The van der Waals surface area contributed by atoms with Crippen LogP contribution in [0.2, 0.25) is 0 Å². The molecule has 3 heterocycles. The van der Waals surface area contributed by atoms with E-state index in [1.54, 1.807) is 17.7 Å². The van der Waals surface area contributed by atoms with Gasteiger partial charge in [-0.15, -0.1) is 11.3 Å². The summed E-state index contributed by atoms with van der Waals surface area (Å²) in [7, 11) is 0. The summed E-state index contributed by atoms with van der Waals surface area (Å²) in [5.41, 5.74) is 0.980. The molecule has 0 aliphatic carbocycles. The standard InChI is InChI=1S/C18H19N3O2S/c1-18(2,3)21-16-15-11(9-24-17(15)20-10-19-16)14-8-22-12-6-4-5-7-13(12)23-14/h4-7,9-10,14H,8H2,1-3H3,(H,19,20,21). The minimum Gasteiger partial charge on any atom is -0.485 e. The maximum atomic E-state index is 6.17. The van der Waals surface area contributed by atoms with E-state index in [4.69, 9.17) is 9.47 Å². The molecule has 0 radical (unpaired) electrons. The number of para-hydroxylation sites is 2. The van der Waals surface area contributed by atoms with E-state index in [-0.39, 0.29) is 11.6 Å². The van der Waals surface area contributed by atoms with Crippen molar-refractivity contribution in [1.82, 2.24) is 9.97 Å². The maximum Gasteiger partial charge on any atom is 0.162 e. The number of thiophene rings is 1. The van der Waals surface area contributed by atoms with Crippen LogP contribution in [0.4, 0.5) is 5.82 Å². The van der Waals surface area contributed by atoms with E-state index < -0.39 is 0 Å². The van der Waals surface area contributed by atoms with Gasteiger partial charge < -0.3 is 14.8 Å². The molecule has 1 aliphatic rings. The number of hydrogen-bond donors (Lipinski definition) is 1. The van der Waals surface area contributed by atoms with Crippen molar-refractivity contribution in [1.29, 1.82) is 0 Å². The van der Waals surface area contributed by atoms with Crippen LogP contribution in [0.25, 0.3) is 10.2 Å². The number of fused-ring (bicyclic) bond motifs is 2. The van der Waals surface area contributed by atoms with Crippen molar-refractivity contribution in [3.63, 3.8) is 0 Å². The number of anilines is 1. The first-order chi connectivity index (χ1) is 11.5. The van der Waals surface area contributed by atoms with Crippen LogP contribution in [0.1, 0.15) is 32.4 Å². The Bertz CT molecular complexity index is 885. The summed E-state index contributed by atoms with van der Waals surface area (Å²) < 4.78 is 12.0. The molecule has 1 aliphatic heterocycles. The van der Waals surface area contributed by atoms with E-state index in [1.165, 1.54) is 0 Å². The Kier molecular flexibility index (Phi) is 3.57. The first kappa shape index (κ1) is 15.2. The third kappa shape index (κ3) is 2.78. The molecule has 0 saturated carbocycles. The van der Waals surface area contributed by atoms with Gasteiger partial charge in [0, 0.05) is 16.5 Å². The number of nitrogens with one attached hydrogen (secondary N) is 1. The zero-order valence-corrected chi connectivity index (χ0v) is 14.7. The summed E-state index contributed by atoms with van der Waals surface area (Å²) >= 11 is 1.60. The number of rotatable bonds is 2. The molecule has 0 fully saturated rings. The molecule has 24 heavy (non-hydrogen) atoms. The minimum absolute atomic E-state index is 0.0863. The van der Waals surface area contributed by atoms with E-state index in [0.29, 0.717) is 6.61 Å². The SMILES string of the molecule is CC(C)(C)Nc1ncnc2scc(C3COc4ccccc4O3)c12. The van der Waals surface area contributed by atoms with Crippen molar-refractivity contribution >= 4 is 27.4 Å². The van der Waals surface area contributed by atoms with Gasteiger partial charge in [0.05, 0.1) is 5.39 Å². The molecule has 5 nitrogen and oxygen atoms in total. The molecule has 0 amide bonds. The Morgan fingerprint density at radius 1 is 1.17 bits per heavy atom. The molecule has 3 aromatic rings. The normalized spacial score (nSPS) is 17.0. The number of ether oxygens (including phenoxy) is 2. The van der Waals surface area contributed by atoms with Crippen LogP contribution in [0.3, 0.4) is 0 Å². The molecule has 0 bridgehead atoms. The molecule has 1 aromatic carbocycles. The van der Waals surface area contributed by atoms with Gasteiger partial charge in [-0.05, 0) is 32.9 Å². The Morgan fingerprint density at radius 3 is 2.75 bits per heavy atom. The Morgan fingerprint density at radius 2 is 1.96 bits per heavy atom. The molecular formula is C18H19N3O2S. The molecule has 2 aromatic heterocycles. The predicted molar refractivity (Wildman–Crippen MR) is 96.1 cm³/mol. The second-order valence-corrected chi connectivity index (χ2v) is 7.69. The molecule has 1 atom stereocenters. The van der Waals surface area contributed by atoms with E-state index in [1.807, 2.05) is 24.3 Å². The Labute approximate surface area is 144 Å². The largest absolute Gasteiger partial charge is 0.485 e. The Hall–Kier alpha value is -2.34. The van der Waals surface area contributed by atoms with Gasteiger partial charge in [-0.1, -0.05) is 12.1 Å². The highest BCUT2D eigenvalue weighted by Gasteiger charge is 2.27. The fourth-order valence-corrected chi connectivity index (χ4v) is 3.71. The van der Waals surface area contributed by atoms with Gasteiger partial charge in [-0.2, -0.15) is 0 Å². The van der Waals surface area contributed by atoms with E-state index in [9.17, 15) is 0 Å². The zero-order chi connectivity index (χ0) is 16.7. The third-order valence-corrected chi connectivity index (χ3v) is 4.65. The van der Waals surface area contributed by atoms with E-state index in [2.05, 4.69) is 41.4 Å². The lowest BCUT2D eigenvalue weighted by Crippen LogP contribution is -2.27. The molecule has 0 spiro atoms. The summed E-state index contributed by atoms with van der Waals surface area (Å²) in [4.78, 5) is 9.81. The lowest BCUT2D eigenvalue weighted by Gasteiger charge is -2.27. The maximum absolute atomic E-state index is 6.17. The summed E-state index contributed by atoms with van der Waals surface area (Å²) in [6, 6.07) is 7.75. The van der Waals surface area contributed by atoms with Crippen LogP contribution >= 0.6 is 11.3 Å². The lowest BCUT2D eigenvalue weighted by atomic mass is 10.1. The fraction of sp³-hybridized carbons (Fsp3) is 0.333. The van der Waals surface area contributed by atoms with Gasteiger partial charge in [0.15, 0.2) is 17.6 Å². The number of nitrogens with zero attached hydrogens (tertiary/aromatic N) is 2. The van der Waals surface area contributed by atoms with Crippen LogP contribution in [0, 0.1) is 0 Å². The lowest BCUT2D eigenvalue weighted by molar-refractivity contribution is 0.0925. The predicted octanol–water partition coefficient (Wildman–Crippen LogP) is 4.41. The van der Waals surface area contributed by atoms with Crippen LogP contribution < -0.4 is 14.8 Å². The van der Waals surface area contributed by atoms with Gasteiger partial charge in [0.1, 0.15) is 23.6 Å². The highest BCUT2D eigenvalue weighted by atomic mass is 32.1. The van der Waals surface area contributed by atoms with Crippen LogP contribution in [-0.4, -0.2) is 22.1 Å². The van der Waals surface area contributed by atoms with Crippen LogP contribution in [-0.2, 0) is 0 Å². The highest BCUT2D eigenvalue weighted by Crippen LogP contribution is 2.40. The average molecular weight is 341 g/mol. The quantitative estimate of drug-likeness (QED) is 0.748. The van der Waals surface area contributed by atoms with E-state index in [0.717, 1.165) is 33.1 Å². The van der Waals surface area contributed by atoms with Crippen molar-refractivity contribution < 1.29 is 9.47 Å². The van der Waals surface area contributed by atoms with Crippen molar-refractivity contribution in [2.24, 2.45) is 0 Å². The van der Waals surface area contributed by atoms with Gasteiger partial charge in [-0.25, -0.2) is 9.97 Å². The molecule has 124 valence electrons. The third-order valence-electron chi connectivity index (χ3n) is 3.75. The van der Waals surface area contributed by atoms with Crippen molar-refractivity contribution in [2.75, 3.05) is 11.9 Å². The number of hydrogen-bond acceptors (Lipinski definition) is 6. The highest BCUT2D eigenvalue weighted by molar-refractivity contribution is 7.17. The molecule has 4 rings (SSSR count). The smallest absolute Gasteiger partial charge is 0.162 e. The molecule has 0 saturated heterocycles. The second kappa shape index (κ2) is 5.63. The number of benzene rings is 1. The average Bonchev–Trinajstić information content (AvgIpc) is 2.98. The van der Waals surface area contributed by atoms with Gasteiger partial charge >= 0.3 is 0 Å². The fourth-order valence-electron chi connectivity index (χ4n) is 2.76. The molecular weight excluding hydrogens is 322 g/mol. The van der Waals surface area contributed by atoms with Crippen LogP contribution in [0.5, 0.6) is 11.5 Å². The molecule has 6 heteroatoms. The van der Waals surface area contributed by atoms with Gasteiger partial charge in [-0.3, -0.25) is 0 Å². The van der Waals surface area contributed by atoms with E-state index >= 15 is 0 Å². The first-order valence-corrected chi connectivity index (χ1v) is 8.78. The van der Waals surface area contributed by atoms with Gasteiger partial charge in [0.2, 0.25) is 0 Å². The summed E-state index contributed by atoms with van der Waals surface area (Å²) in [5, 5.41) is 6.58. The van der Waals surface area contributed by atoms with Crippen molar-refractivity contribution in [3.8, 4) is 11.5 Å².